The Hall–Kier alpha value is -0.110. The predicted octanol–water partition coefficient (Wildman–Crippen LogP) is 0.941. The van der Waals surface area contributed by atoms with Gasteiger partial charge in [0.15, 0.2) is 0 Å². The standard InChI is InChI=1S/C6H12FN/c7-3-5-1-2-6(5)4-8/h5-6H,1-4,8H2/t5-,6-/m0/s1. The smallest absolute Gasteiger partial charge is 0.0925 e. The average molecular weight is 117 g/mol. The first-order valence-electron chi connectivity index (χ1n) is 3.14. The third kappa shape index (κ3) is 0.848. The zero-order chi connectivity index (χ0) is 5.98. The first-order chi connectivity index (χ1) is 3.88. The third-order valence-electron chi connectivity index (χ3n) is 2.08. The first kappa shape index (κ1) is 6.02. The molecule has 2 N–H and O–H groups in total. The second-order valence-electron chi connectivity index (χ2n) is 2.49. The van der Waals surface area contributed by atoms with E-state index in [9.17, 15) is 4.39 Å². The van der Waals surface area contributed by atoms with Gasteiger partial charge in [-0.25, -0.2) is 0 Å². The third-order valence-corrected chi connectivity index (χ3v) is 2.08. The Balaban J connectivity index is 2.16. The van der Waals surface area contributed by atoms with E-state index in [4.69, 9.17) is 5.73 Å². The number of alkyl halides is 1. The summed E-state index contributed by atoms with van der Waals surface area (Å²) in [5.74, 6) is 0.806. The Bertz CT molecular complexity index is 60.9. The summed E-state index contributed by atoms with van der Waals surface area (Å²) in [4.78, 5) is 0. The Labute approximate surface area is 49.1 Å². The van der Waals surface area contributed by atoms with Gasteiger partial charge in [0.2, 0.25) is 0 Å². The van der Waals surface area contributed by atoms with Crippen molar-refractivity contribution in [2.45, 2.75) is 12.8 Å². The van der Waals surface area contributed by atoms with Crippen molar-refractivity contribution >= 4 is 0 Å². The Morgan fingerprint density at radius 1 is 1.38 bits per heavy atom. The highest BCUT2D eigenvalue weighted by atomic mass is 19.1. The van der Waals surface area contributed by atoms with E-state index in [1.165, 1.54) is 0 Å². The molecule has 1 aliphatic rings. The first-order valence-corrected chi connectivity index (χ1v) is 3.14. The van der Waals surface area contributed by atoms with Gasteiger partial charge in [-0.3, -0.25) is 4.39 Å². The summed E-state index contributed by atoms with van der Waals surface area (Å²) < 4.78 is 11.8. The number of halogens is 1. The summed E-state index contributed by atoms with van der Waals surface area (Å²) in [6.45, 7) is 0.510. The van der Waals surface area contributed by atoms with Crippen LogP contribution in [0.25, 0.3) is 0 Å². The summed E-state index contributed by atoms with van der Waals surface area (Å²) in [5, 5.41) is 0. The molecule has 1 saturated carbocycles. The van der Waals surface area contributed by atoms with Crippen molar-refractivity contribution in [2.24, 2.45) is 17.6 Å². The van der Waals surface area contributed by atoms with Crippen molar-refractivity contribution in [3.63, 3.8) is 0 Å². The van der Waals surface area contributed by atoms with E-state index in [0.29, 0.717) is 18.4 Å². The van der Waals surface area contributed by atoms with Crippen molar-refractivity contribution in [3.05, 3.63) is 0 Å². The maximum Gasteiger partial charge on any atom is 0.0925 e. The van der Waals surface area contributed by atoms with Crippen LogP contribution in [-0.2, 0) is 0 Å². The summed E-state index contributed by atoms with van der Waals surface area (Å²) in [6, 6.07) is 0. The quantitative estimate of drug-likeness (QED) is 0.572. The van der Waals surface area contributed by atoms with E-state index in [0.717, 1.165) is 12.8 Å². The average Bonchev–Trinajstić information content (AvgIpc) is 1.66. The molecule has 0 aromatic carbocycles. The van der Waals surface area contributed by atoms with Crippen molar-refractivity contribution in [2.75, 3.05) is 13.2 Å². The minimum absolute atomic E-state index is 0.165. The zero-order valence-electron chi connectivity index (χ0n) is 4.94. The van der Waals surface area contributed by atoms with E-state index >= 15 is 0 Å². The van der Waals surface area contributed by atoms with E-state index in [1.807, 2.05) is 0 Å². The normalized spacial score (nSPS) is 36.8. The second kappa shape index (κ2) is 2.44. The topological polar surface area (TPSA) is 26.0 Å². The maximum atomic E-state index is 11.8. The van der Waals surface area contributed by atoms with E-state index in [1.54, 1.807) is 0 Å². The van der Waals surface area contributed by atoms with Gasteiger partial charge in [0.1, 0.15) is 0 Å². The molecule has 0 radical (unpaired) electrons. The van der Waals surface area contributed by atoms with E-state index in [2.05, 4.69) is 0 Å². The highest BCUT2D eigenvalue weighted by molar-refractivity contribution is 4.80. The van der Waals surface area contributed by atoms with Crippen molar-refractivity contribution in [1.82, 2.24) is 0 Å². The lowest BCUT2D eigenvalue weighted by molar-refractivity contribution is 0.144. The fourth-order valence-electron chi connectivity index (χ4n) is 1.15. The molecule has 8 heavy (non-hydrogen) atoms. The van der Waals surface area contributed by atoms with Crippen LogP contribution in [0.1, 0.15) is 12.8 Å². The molecule has 0 bridgehead atoms. The Morgan fingerprint density at radius 3 is 2.12 bits per heavy atom. The molecule has 0 saturated heterocycles. The SMILES string of the molecule is NC[C@@H]1CC[C@H]1CF. The van der Waals surface area contributed by atoms with E-state index in [-0.39, 0.29) is 6.67 Å². The van der Waals surface area contributed by atoms with Gasteiger partial charge in [0.25, 0.3) is 0 Å². The van der Waals surface area contributed by atoms with Crippen LogP contribution in [0.2, 0.25) is 0 Å². The zero-order valence-corrected chi connectivity index (χ0v) is 4.94. The minimum atomic E-state index is -0.165. The van der Waals surface area contributed by atoms with Gasteiger partial charge in [-0.2, -0.15) is 0 Å². The lowest BCUT2D eigenvalue weighted by Gasteiger charge is -2.33. The Morgan fingerprint density at radius 2 is 2.00 bits per heavy atom. The highest BCUT2D eigenvalue weighted by Gasteiger charge is 2.28. The van der Waals surface area contributed by atoms with E-state index < -0.39 is 0 Å². The van der Waals surface area contributed by atoms with Crippen LogP contribution in [0.15, 0.2) is 0 Å². The summed E-state index contributed by atoms with van der Waals surface area (Å²) in [5.41, 5.74) is 5.33. The molecule has 1 aliphatic carbocycles. The van der Waals surface area contributed by atoms with Crippen LogP contribution in [-0.4, -0.2) is 13.2 Å². The molecular formula is C6H12FN. The van der Waals surface area contributed by atoms with Crippen molar-refractivity contribution in [3.8, 4) is 0 Å². The monoisotopic (exact) mass is 117 g/mol. The molecule has 2 heteroatoms. The molecule has 0 aromatic heterocycles. The number of hydrogen-bond donors (Lipinski definition) is 1. The molecule has 0 aromatic rings. The van der Waals surface area contributed by atoms with Gasteiger partial charge in [0.05, 0.1) is 6.67 Å². The van der Waals surface area contributed by atoms with Gasteiger partial charge < -0.3 is 5.73 Å². The van der Waals surface area contributed by atoms with Crippen LogP contribution >= 0.6 is 0 Å². The van der Waals surface area contributed by atoms with Crippen LogP contribution in [0, 0.1) is 11.8 Å². The number of rotatable bonds is 2. The predicted molar refractivity (Wildman–Crippen MR) is 31.2 cm³/mol. The highest BCUT2D eigenvalue weighted by Crippen LogP contribution is 2.33. The Kier molecular flexibility index (Phi) is 1.84. The van der Waals surface area contributed by atoms with Crippen LogP contribution < -0.4 is 5.73 Å². The fourth-order valence-corrected chi connectivity index (χ4v) is 1.15. The fraction of sp³-hybridized carbons (Fsp3) is 1.00. The van der Waals surface area contributed by atoms with Gasteiger partial charge in [-0.15, -0.1) is 0 Å². The molecule has 0 unspecified atom stereocenters. The molecule has 0 heterocycles. The lowest BCUT2D eigenvalue weighted by Crippen LogP contribution is -2.33. The molecule has 1 rings (SSSR count). The molecular weight excluding hydrogens is 105 g/mol. The summed E-state index contributed by atoms with van der Waals surface area (Å²) in [7, 11) is 0. The molecule has 0 aliphatic heterocycles. The number of hydrogen-bond acceptors (Lipinski definition) is 1. The van der Waals surface area contributed by atoms with Gasteiger partial charge in [-0.05, 0) is 31.2 Å². The van der Waals surface area contributed by atoms with Gasteiger partial charge in [-0.1, -0.05) is 0 Å². The van der Waals surface area contributed by atoms with Crippen molar-refractivity contribution < 1.29 is 4.39 Å². The van der Waals surface area contributed by atoms with Crippen LogP contribution in [0.5, 0.6) is 0 Å². The molecule has 48 valence electrons. The minimum Gasteiger partial charge on any atom is -0.330 e. The van der Waals surface area contributed by atoms with Crippen molar-refractivity contribution in [1.29, 1.82) is 0 Å². The lowest BCUT2D eigenvalue weighted by atomic mass is 9.75. The molecule has 0 spiro atoms. The van der Waals surface area contributed by atoms with Crippen LogP contribution in [0.4, 0.5) is 4.39 Å². The molecule has 2 atom stereocenters. The second-order valence-corrected chi connectivity index (χ2v) is 2.49. The summed E-state index contributed by atoms with van der Waals surface area (Å²) in [6.07, 6.45) is 2.20. The van der Waals surface area contributed by atoms with Gasteiger partial charge >= 0.3 is 0 Å². The molecule has 1 nitrogen and oxygen atoms in total. The number of nitrogens with two attached hydrogens (primary N) is 1. The maximum absolute atomic E-state index is 11.8. The van der Waals surface area contributed by atoms with Crippen LogP contribution in [0.3, 0.4) is 0 Å². The largest absolute Gasteiger partial charge is 0.330 e. The molecule has 1 fully saturated rings. The van der Waals surface area contributed by atoms with Gasteiger partial charge in [0, 0.05) is 0 Å². The summed E-state index contributed by atoms with van der Waals surface area (Å²) >= 11 is 0. The molecule has 0 amide bonds.